The minimum Gasteiger partial charge on any atom is -0.491 e. The molecule has 0 amide bonds. The number of imidazole rings is 1. The Hall–Kier alpha value is -2.04. The first kappa shape index (κ1) is 11.4. The van der Waals surface area contributed by atoms with E-state index in [-0.39, 0.29) is 11.6 Å². The number of nitrogens with two attached hydrogens (primary N) is 1. The van der Waals surface area contributed by atoms with E-state index in [2.05, 4.69) is 4.98 Å². The van der Waals surface area contributed by atoms with Crippen molar-refractivity contribution in [2.45, 2.75) is 6.92 Å². The van der Waals surface area contributed by atoms with Crippen LogP contribution in [0.4, 0.5) is 10.3 Å². The van der Waals surface area contributed by atoms with Crippen LogP contribution in [0.15, 0.2) is 24.4 Å². The number of nitrogen functional groups attached to an aromatic ring is 1. The van der Waals surface area contributed by atoms with E-state index in [1.54, 1.807) is 29.9 Å². The first-order valence-electron chi connectivity index (χ1n) is 5.33. The Morgan fingerprint density at radius 2 is 2.24 bits per heavy atom. The van der Waals surface area contributed by atoms with Gasteiger partial charge in [0.05, 0.1) is 18.5 Å². The molecule has 0 aliphatic carbocycles. The van der Waals surface area contributed by atoms with Crippen molar-refractivity contribution >= 4 is 5.95 Å². The van der Waals surface area contributed by atoms with Crippen LogP contribution in [0, 0.1) is 5.82 Å². The van der Waals surface area contributed by atoms with Gasteiger partial charge in [0.1, 0.15) is 0 Å². The highest BCUT2D eigenvalue weighted by molar-refractivity contribution is 5.62. The van der Waals surface area contributed by atoms with E-state index in [0.717, 1.165) is 11.3 Å². The van der Waals surface area contributed by atoms with Gasteiger partial charge in [-0.05, 0) is 25.1 Å². The summed E-state index contributed by atoms with van der Waals surface area (Å²) in [6.07, 6.45) is 1.62. The monoisotopic (exact) mass is 235 g/mol. The maximum absolute atomic E-state index is 13.7. The molecule has 0 spiro atoms. The topological polar surface area (TPSA) is 53.1 Å². The van der Waals surface area contributed by atoms with Crippen molar-refractivity contribution in [3.63, 3.8) is 0 Å². The van der Waals surface area contributed by atoms with Crippen LogP contribution in [-0.4, -0.2) is 16.2 Å². The highest BCUT2D eigenvalue weighted by Gasteiger charge is 2.09. The molecule has 4 nitrogen and oxygen atoms in total. The lowest BCUT2D eigenvalue weighted by Gasteiger charge is -2.07. The van der Waals surface area contributed by atoms with Crippen LogP contribution in [0.2, 0.25) is 0 Å². The minimum absolute atomic E-state index is 0.256. The van der Waals surface area contributed by atoms with Gasteiger partial charge in [0.2, 0.25) is 0 Å². The zero-order chi connectivity index (χ0) is 12.4. The van der Waals surface area contributed by atoms with Gasteiger partial charge in [-0.1, -0.05) is 0 Å². The van der Waals surface area contributed by atoms with E-state index in [1.165, 1.54) is 6.07 Å². The molecule has 0 fully saturated rings. The maximum Gasteiger partial charge on any atom is 0.200 e. The Labute approximate surface area is 98.8 Å². The van der Waals surface area contributed by atoms with Crippen molar-refractivity contribution in [3.05, 3.63) is 30.2 Å². The van der Waals surface area contributed by atoms with Crippen LogP contribution in [0.3, 0.4) is 0 Å². The molecule has 5 heteroatoms. The van der Waals surface area contributed by atoms with E-state index in [4.69, 9.17) is 10.5 Å². The number of aromatic nitrogens is 2. The van der Waals surface area contributed by atoms with Gasteiger partial charge < -0.3 is 15.0 Å². The Kier molecular flexibility index (Phi) is 2.99. The number of rotatable bonds is 3. The third-order valence-electron chi connectivity index (χ3n) is 2.55. The summed E-state index contributed by atoms with van der Waals surface area (Å²) in [5.41, 5.74) is 7.12. The fourth-order valence-corrected chi connectivity index (χ4v) is 1.62. The van der Waals surface area contributed by atoms with Crippen molar-refractivity contribution in [1.29, 1.82) is 0 Å². The van der Waals surface area contributed by atoms with Crippen LogP contribution in [0.25, 0.3) is 11.3 Å². The Balaban J connectivity index is 2.41. The summed E-state index contributed by atoms with van der Waals surface area (Å²) < 4.78 is 20.5. The standard InChI is InChI=1S/C12H14FN3O/c1-3-17-11-5-4-8(6-9(11)13)10-7-15-12(14)16(10)2/h4-7H,3H2,1-2H3,(H2,14,15). The van der Waals surface area contributed by atoms with Crippen LogP contribution in [0.1, 0.15) is 6.92 Å². The second-order valence-electron chi connectivity index (χ2n) is 3.64. The predicted octanol–water partition coefficient (Wildman–Crippen LogP) is 2.21. The minimum atomic E-state index is -0.385. The van der Waals surface area contributed by atoms with Gasteiger partial charge in [-0.15, -0.1) is 0 Å². The van der Waals surface area contributed by atoms with Crippen LogP contribution in [0.5, 0.6) is 5.75 Å². The number of hydrogen-bond acceptors (Lipinski definition) is 3. The van der Waals surface area contributed by atoms with E-state index < -0.39 is 0 Å². The summed E-state index contributed by atoms with van der Waals surface area (Å²) in [5, 5.41) is 0. The maximum atomic E-state index is 13.7. The van der Waals surface area contributed by atoms with Gasteiger partial charge in [0.15, 0.2) is 17.5 Å². The van der Waals surface area contributed by atoms with Gasteiger partial charge in [-0.2, -0.15) is 0 Å². The molecule has 0 saturated carbocycles. The van der Waals surface area contributed by atoms with Crippen LogP contribution < -0.4 is 10.5 Å². The summed E-state index contributed by atoms with van der Waals surface area (Å²) in [7, 11) is 1.78. The Morgan fingerprint density at radius 3 is 2.76 bits per heavy atom. The number of hydrogen-bond donors (Lipinski definition) is 1. The fourth-order valence-electron chi connectivity index (χ4n) is 1.62. The highest BCUT2D eigenvalue weighted by atomic mass is 19.1. The summed E-state index contributed by atoms with van der Waals surface area (Å²) in [6.45, 7) is 2.25. The average molecular weight is 235 g/mol. The molecule has 1 heterocycles. The number of halogens is 1. The molecule has 17 heavy (non-hydrogen) atoms. The lowest BCUT2D eigenvalue weighted by atomic mass is 10.1. The second-order valence-corrected chi connectivity index (χ2v) is 3.64. The molecule has 2 rings (SSSR count). The molecule has 0 bridgehead atoms. The lowest BCUT2D eigenvalue weighted by molar-refractivity contribution is 0.321. The first-order valence-corrected chi connectivity index (χ1v) is 5.33. The molecule has 0 aliphatic heterocycles. The Morgan fingerprint density at radius 1 is 1.47 bits per heavy atom. The summed E-state index contributed by atoms with van der Waals surface area (Å²) in [5.74, 6) is 0.268. The number of ether oxygens (including phenoxy) is 1. The number of anilines is 1. The van der Waals surface area contributed by atoms with E-state index in [9.17, 15) is 4.39 Å². The normalized spacial score (nSPS) is 10.5. The van der Waals surface area contributed by atoms with Crippen molar-refractivity contribution in [2.75, 3.05) is 12.3 Å². The Bertz CT molecular complexity index is 537. The van der Waals surface area contributed by atoms with Crippen LogP contribution in [-0.2, 0) is 7.05 Å². The molecule has 0 unspecified atom stereocenters. The third-order valence-corrected chi connectivity index (χ3v) is 2.55. The molecular formula is C12H14FN3O. The fraction of sp³-hybridized carbons (Fsp3) is 0.250. The van der Waals surface area contributed by atoms with Gasteiger partial charge in [0.25, 0.3) is 0 Å². The quantitative estimate of drug-likeness (QED) is 0.887. The molecule has 1 aromatic heterocycles. The molecule has 1 aromatic carbocycles. The van der Waals surface area contributed by atoms with Gasteiger partial charge in [-0.3, -0.25) is 0 Å². The number of nitrogens with zero attached hydrogens (tertiary/aromatic N) is 2. The molecule has 0 saturated heterocycles. The first-order chi connectivity index (χ1) is 8.13. The lowest BCUT2D eigenvalue weighted by Crippen LogP contribution is -1.99. The largest absolute Gasteiger partial charge is 0.491 e. The average Bonchev–Trinajstić information content (AvgIpc) is 2.63. The zero-order valence-corrected chi connectivity index (χ0v) is 9.77. The molecule has 2 aromatic rings. The van der Waals surface area contributed by atoms with Crippen molar-refractivity contribution < 1.29 is 9.13 Å². The highest BCUT2D eigenvalue weighted by Crippen LogP contribution is 2.26. The molecular weight excluding hydrogens is 221 g/mol. The zero-order valence-electron chi connectivity index (χ0n) is 9.77. The van der Waals surface area contributed by atoms with E-state index in [1.807, 2.05) is 6.92 Å². The van der Waals surface area contributed by atoms with Crippen LogP contribution >= 0.6 is 0 Å². The van der Waals surface area contributed by atoms with Gasteiger partial charge in [0, 0.05) is 12.6 Å². The summed E-state index contributed by atoms with van der Waals surface area (Å²) in [6, 6.07) is 4.81. The van der Waals surface area contributed by atoms with Crippen molar-refractivity contribution in [2.24, 2.45) is 7.05 Å². The molecule has 0 atom stereocenters. The third kappa shape index (κ3) is 2.08. The molecule has 0 aliphatic rings. The van der Waals surface area contributed by atoms with E-state index >= 15 is 0 Å². The smallest absolute Gasteiger partial charge is 0.200 e. The summed E-state index contributed by atoms with van der Waals surface area (Å²) >= 11 is 0. The SMILES string of the molecule is CCOc1ccc(-c2cnc(N)n2C)cc1F. The number of benzene rings is 1. The van der Waals surface area contributed by atoms with E-state index in [0.29, 0.717) is 12.6 Å². The summed E-state index contributed by atoms with van der Waals surface area (Å²) in [4.78, 5) is 3.97. The molecule has 0 radical (unpaired) electrons. The van der Waals surface area contributed by atoms with Gasteiger partial charge >= 0.3 is 0 Å². The predicted molar refractivity (Wildman–Crippen MR) is 64.2 cm³/mol. The van der Waals surface area contributed by atoms with Crippen molar-refractivity contribution in [3.8, 4) is 17.0 Å². The van der Waals surface area contributed by atoms with Gasteiger partial charge in [-0.25, -0.2) is 9.37 Å². The molecule has 2 N–H and O–H groups in total. The second kappa shape index (κ2) is 4.45. The van der Waals surface area contributed by atoms with Crippen molar-refractivity contribution in [1.82, 2.24) is 9.55 Å². The molecule has 90 valence electrons.